The topological polar surface area (TPSA) is 51.5 Å². The Morgan fingerprint density at radius 1 is 1.39 bits per heavy atom. The molecule has 4 nitrogen and oxygen atoms in total. The third-order valence-electron chi connectivity index (χ3n) is 2.72. The van der Waals surface area contributed by atoms with E-state index in [1.165, 1.54) is 12.5 Å². The molecule has 0 bridgehead atoms. The number of methoxy groups -OCH3 is 1. The van der Waals surface area contributed by atoms with Crippen LogP contribution in [0.3, 0.4) is 0 Å². The summed E-state index contributed by atoms with van der Waals surface area (Å²) in [5.74, 6) is 0.621. The van der Waals surface area contributed by atoms with Crippen molar-refractivity contribution in [3.63, 3.8) is 0 Å². The minimum Gasteiger partial charge on any atom is -0.497 e. The monoisotopic (exact) mass is 245 g/mol. The number of nitrogens with one attached hydrogen (secondary N) is 1. The average molecular weight is 245 g/mol. The van der Waals surface area contributed by atoms with Gasteiger partial charge in [0.15, 0.2) is 0 Å². The van der Waals surface area contributed by atoms with E-state index in [9.17, 15) is 4.79 Å². The van der Waals surface area contributed by atoms with Gasteiger partial charge in [0, 0.05) is 0 Å². The van der Waals surface area contributed by atoms with Crippen molar-refractivity contribution < 1.29 is 13.9 Å². The molecule has 4 heteroatoms. The zero-order valence-electron chi connectivity index (χ0n) is 10.3. The van der Waals surface area contributed by atoms with Gasteiger partial charge in [0.05, 0.1) is 25.0 Å². The van der Waals surface area contributed by atoms with Gasteiger partial charge in [0.25, 0.3) is 5.91 Å². The Kier molecular flexibility index (Phi) is 3.67. The van der Waals surface area contributed by atoms with Crippen LogP contribution in [0.1, 0.15) is 28.9 Å². The molecule has 18 heavy (non-hydrogen) atoms. The Labute approximate surface area is 106 Å². The zero-order valence-corrected chi connectivity index (χ0v) is 10.3. The molecule has 1 aromatic carbocycles. The number of furan rings is 1. The molecule has 0 aliphatic heterocycles. The molecule has 1 atom stereocenters. The fourth-order valence-corrected chi connectivity index (χ4v) is 1.67. The van der Waals surface area contributed by atoms with E-state index >= 15 is 0 Å². The summed E-state index contributed by atoms with van der Waals surface area (Å²) in [6.07, 6.45) is 2.90. The van der Waals surface area contributed by atoms with Crippen LogP contribution >= 0.6 is 0 Å². The first-order chi connectivity index (χ1) is 8.70. The summed E-state index contributed by atoms with van der Waals surface area (Å²) in [7, 11) is 1.62. The molecule has 1 aromatic heterocycles. The first-order valence-corrected chi connectivity index (χ1v) is 5.67. The van der Waals surface area contributed by atoms with Crippen molar-refractivity contribution >= 4 is 5.91 Å². The lowest BCUT2D eigenvalue weighted by Crippen LogP contribution is -2.26. The number of rotatable bonds is 4. The lowest BCUT2D eigenvalue weighted by molar-refractivity contribution is 0.0939. The highest BCUT2D eigenvalue weighted by Gasteiger charge is 2.12. The highest BCUT2D eigenvalue weighted by molar-refractivity contribution is 5.94. The summed E-state index contributed by atoms with van der Waals surface area (Å²) in [5, 5.41) is 2.90. The Morgan fingerprint density at radius 2 is 2.22 bits per heavy atom. The standard InChI is InChI=1S/C14H15NO3/c1-10(11-4-3-5-13(8-11)17-2)15-14(16)12-6-7-18-9-12/h3-10H,1-2H3,(H,15,16). The maximum atomic E-state index is 11.8. The minimum atomic E-state index is -0.154. The van der Waals surface area contributed by atoms with Crippen molar-refractivity contribution in [2.75, 3.05) is 7.11 Å². The maximum absolute atomic E-state index is 11.8. The van der Waals surface area contributed by atoms with Gasteiger partial charge in [-0.05, 0) is 30.7 Å². The van der Waals surface area contributed by atoms with Crippen LogP contribution in [0, 0.1) is 0 Å². The SMILES string of the molecule is COc1cccc(C(C)NC(=O)c2ccoc2)c1. The molecule has 0 radical (unpaired) electrons. The van der Waals surface area contributed by atoms with E-state index in [4.69, 9.17) is 9.15 Å². The summed E-state index contributed by atoms with van der Waals surface area (Å²) in [6, 6.07) is 9.15. The van der Waals surface area contributed by atoms with E-state index in [1.54, 1.807) is 13.2 Å². The van der Waals surface area contributed by atoms with Crippen LogP contribution in [0.2, 0.25) is 0 Å². The normalized spacial score (nSPS) is 11.9. The summed E-state index contributed by atoms with van der Waals surface area (Å²) in [4.78, 5) is 11.8. The maximum Gasteiger partial charge on any atom is 0.255 e. The van der Waals surface area contributed by atoms with Crippen molar-refractivity contribution in [2.45, 2.75) is 13.0 Å². The van der Waals surface area contributed by atoms with Crippen LogP contribution in [0.15, 0.2) is 47.3 Å². The molecule has 2 rings (SSSR count). The number of benzene rings is 1. The molecule has 1 unspecified atom stereocenters. The van der Waals surface area contributed by atoms with Gasteiger partial charge in [0.2, 0.25) is 0 Å². The number of carbonyl (C=O) groups excluding carboxylic acids is 1. The van der Waals surface area contributed by atoms with Crippen LogP contribution in [-0.4, -0.2) is 13.0 Å². The predicted molar refractivity (Wildman–Crippen MR) is 67.6 cm³/mol. The fourth-order valence-electron chi connectivity index (χ4n) is 1.67. The molecule has 1 N–H and O–H groups in total. The van der Waals surface area contributed by atoms with Crippen molar-refractivity contribution in [3.8, 4) is 5.75 Å². The third-order valence-corrected chi connectivity index (χ3v) is 2.72. The summed E-state index contributed by atoms with van der Waals surface area (Å²) in [6.45, 7) is 1.92. The van der Waals surface area contributed by atoms with Gasteiger partial charge < -0.3 is 14.5 Å². The molecule has 2 aromatic rings. The number of hydrogen-bond acceptors (Lipinski definition) is 3. The second-order valence-corrected chi connectivity index (χ2v) is 3.98. The van der Waals surface area contributed by atoms with Gasteiger partial charge in [-0.15, -0.1) is 0 Å². The van der Waals surface area contributed by atoms with Crippen molar-refractivity contribution in [3.05, 3.63) is 54.0 Å². The van der Waals surface area contributed by atoms with Gasteiger partial charge in [-0.3, -0.25) is 4.79 Å². The third kappa shape index (κ3) is 2.71. The molecule has 0 fully saturated rings. The summed E-state index contributed by atoms with van der Waals surface area (Å²) in [5.41, 5.74) is 1.51. The smallest absolute Gasteiger partial charge is 0.255 e. The Bertz CT molecular complexity index is 520. The van der Waals surface area contributed by atoms with E-state index in [2.05, 4.69) is 5.32 Å². The average Bonchev–Trinajstić information content (AvgIpc) is 2.92. The molecule has 0 aliphatic carbocycles. The second kappa shape index (κ2) is 5.40. The molecule has 1 amide bonds. The van der Waals surface area contributed by atoms with Gasteiger partial charge in [-0.2, -0.15) is 0 Å². The van der Waals surface area contributed by atoms with Gasteiger partial charge in [-0.1, -0.05) is 12.1 Å². The lowest BCUT2D eigenvalue weighted by atomic mass is 10.1. The number of ether oxygens (including phenoxy) is 1. The van der Waals surface area contributed by atoms with Gasteiger partial charge >= 0.3 is 0 Å². The molecular formula is C14H15NO3. The van der Waals surface area contributed by atoms with Crippen LogP contribution in [0.4, 0.5) is 0 Å². The quantitative estimate of drug-likeness (QED) is 0.901. The van der Waals surface area contributed by atoms with E-state index in [-0.39, 0.29) is 11.9 Å². The summed E-state index contributed by atoms with van der Waals surface area (Å²) < 4.78 is 10.0. The van der Waals surface area contributed by atoms with Crippen molar-refractivity contribution in [1.29, 1.82) is 0 Å². The number of carbonyl (C=O) groups is 1. The van der Waals surface area contributed by atoms with Gasteiger partial charge in [-0.25, -0.2) is 0 Å². The van der Waals surface area contributed by atoms with Crippen LogP contribution in [0.5, 0.6) is 5.75 Å². The molecule has 94 valence electrons. The molecule has 0 spiro atoms. The van der Waals surface area contributed by atoms with Crippen LogP contribution < -0.4 is 10.1 Å². The minimum absolute atomic E-state index is 0.0949. The zero-order chi connectivity index (χ0) is 13.0. The second-order valence-electron chi connectivity index (χ2n) is 3.98. The Morgan fingerprint density at radius 3 is 2.89 bits per heavy atom. The highest BCUT2D eigenvalue weighted by Crippen LogP contribution is 2.19. The fraction of sp³-hybridized carbons (Fsp3) is 0.214. The van der Waals surface area contributed by atoms with Crippen LogP contribution in [-0.2, 0) is 0 Å². The van der Waals surface area contributed by atoms with E-state index < -0.39 is 0 Å². The first-order valence-electron chi connectivity index (χ1n) is 5.67. The molecule has 1 heterocycles. The lowest BCUT2D eigenvalue weighted by Gasteiger charge is -2.14. The first kappa shape index (κ1) is 12.2. The van der Waals surface area contributed by atoms with E-state index in [0.29, 0.717) is 5.56 Å². The van der Waals surface area contributed by atoms with E-state index in [0.717, 1.165) is 11.3 Å². The molecular weight excluding hydrogens is 230 g/mol. The molecule has 0 saturated heterocycles. The van der Waals surface area contributed by atoms with Gasteiger partial charge in [0.1, 0.15) is 12.0 Å². The highest BCUT2D eigenvalue weighted by atomic mass is 16.5. The molecule has 0 aliphatic rings. The largest absolute Gasteiger partial charge is 0.497 e. The summed E-state index contributed by atoms with van der Waals surface area (Å²) >= 11 is 0. The van der Waals surface area contributed by atoms with E-state index in [1.807, 2.05) is 31.2 Å². The number of hydrogen-bond donors (Lipinski definition) is 1. The predicted octanol–water partition coefficient (Wildman–Crippen LogP) is 2.78. The van der Waals surface area contributed by atoms with Crippen molar-refractivity contribution in [1.82, 2.24) is 5.32 Å². The number of amides is 1. The Hall–Kier alpha value is -2.23. The van der Waals surface area contributed by atoms with Crippen LogP contribution in [0.25, 0.3) is 0 Å². The Balaban J connectivity index is 2.07. The molecule has 0 saturated carbocycles. The van der Waals surface area contributed by atoms with Crippen molar-refractivity contribution in [2.24, 2.45) is 0 Å².